The lowest BCUT2D eigenvalue weighted by Crippen LogP contribution is -2.33. The molecule has 2 aromatic heterocycles. The third kappa shape index (κ3) is 3.68. The first-order valence-electron chi connectivity index (χ1n) is 7.61. The molecule has 1 N–H and O–H groups in total. The number of aromatic nitrogens is 2. The Labute approximate surface area is 153 Å². The van der Waals surface area contributed by atoms with E-state index in [1.807, 2.05) is 0 Å². The van der Waals surface area contributed by atoms with E-state index in [1.165, 1.54) is 18.4 Å². The molecule has 3 heterocycles. The number of nitrogens with zero attached hydrogens (tertiary/aromatic N) is 3. The Morgan fingerprint density at radius 1 is 1.48 bits per heavy atom. The number of nitrogens with one attached hydrogen (secondary N) is 1. The van der Waals surface area contributed by atoms with E-state index in [9.17, 15) is 9.59 Å². The number of methoxy groups -OCH3 is 1. The van der Waals surface area contributed by atoms with Crippen molar-refractivity contribution in [1.29, 1.82) is 0 Å². The maximum absolute atomic E-state index is 12.7. The van der Waals surface area contributed by atoms with Crippen molar-refractivity contribution in [2.75, 3.05) is 27.2 Å². The molecule has 3 rings (SSSR count). The van der Waals surface area contributed by atoms with E-state index in [2.05, 4.69) is 15.5 Å². The van der Waals surface area contributed by atoms with Gasteiger partial charge in [0.05, 0.1) is 21.0 Å². The molecule has 0 bridgehead atoms. The van der Waals surface area contributed by atoms with Crippen LogP contribution in [0.4, 0.5) is 0 Å². The molecule has 1 fully saturated rings. The number of amides is 2. The van der Waals surface area contributed by atoms with Crippen LogP contribution in [0.3, 0.4) is 0 Å². The number of halogens is 1. The average molecular weight is 385 g/mol. The van der Waals surface area contributed by atoms with Crippen molar-refractivity contribution in [3.8, 4) is 0 Å². The predicted octanol–water partition coefficient (Wildman–Crippen LogP) is 1.53. The van der Waals surface area contributed by atoms with Gasteiger partial charge in [0, 0.05) is 27.2 Å². The summed E-state index contributed by atoms with van der Waals surface area (Å²) in [5.74, 6) is -0.415. The molecule has 1 aliphatic heterocycles. The number of hydrogen-bond acceptors (Lipinski definition) is 7. The Morgan fingerprint density at radius 2 is 2.28 bits per heavy atom. The molecule has 8 nitrogen and oxygen atoms in total. The average Bonchev–Trinajstić information content (AvgIpc) is 3.32. The maximum atomic E-state index is 12.7. The van der Waals surface area contributed by atoms with Gasteiger partial charge in [0.25, 0.3) is 5.91 Å². The van der Waals surface area contributed by atoms with Crippen molar-refractivity contribution in [3.05, 3.63) is 33.1 Å². The monoisotopic (exact) mass is 384 g/mol. The number of rotatable bonds is 5. The van der Waals surface area contributed by atoms with E-state index < -0.39 is 5.92 Å². The van der Waals surface area contributed by atoms with E-state index >= 15 is 0 Å². The van der Waals surface area contributed by atoms with Gasteiger partial charge in [-0.25, -0.2) is 0 Å². The predicted molar refractivity (Wildman–Crippen MR) is 90.5 cm³/mol. The summed E-state index contributed by atoms with van der Waals surface area (Å²) in [5.41, 5.74) is 0. The summed E-state index contributed by atoms with van der Waals surface area (Å²) in [6, 6.07) is 3.36. The molecule has 0 spiro atoms. The standard InChI is InChI=1S/C15H17ClN4O4S/c1-17-13(21)8-5-20(15(22)10-3-4-11(16)25-10)6-9(8)14-18-12(7-23-2)19-24-14/h3-4,8-9H,5-7H2,1-2H3,(H,17,21). The largest absolute Gasteiger partial charge is 0.377 e. The van der Waals surface area contributed by atoms with Crippen molar-refractivity contribution >= 4 is 34.8 Å². The second-order valence-corrected chi connectivity index (χ2v) is 7.34. The van der Waals surface area contributed by atoms with E-state index in [0.717, 1.165) is 0 Å². The second kappa shape index (κ2) is 7.51. The van der Waals surface area contributed by atoms with E-state index in [0.29, 0.717) is 27.5 Å². The zero-order chi connectivity index (χ0) is 18.0. The molecule has 134 valence electrons. The van der Waals surface area contributed by atoms with Gasteiger partial charge in [-0.05, 0) is 12.1 Å². The minimum absolute atomic E-state index is 0.162. The quantitative estimate of drug-likeness (QED) is 0.839. The number of likely N-dealkylation sites (tertiary alicyclic amines) is 1. The minimum atomic E-state index is -0.458. The van der Waals surface area contributed by atoms with Gasteiger partial charge in [-0.1, -0.05) is 16.8 Å². The summed E-state index contributed by atoms with van der Waals surface area (Å²) in [6.45, 7) is 0.818. The topological polar surface area (TPSA) is 97.6 Å². The smallest absolute Gasteiger partial charge is 0.264 e. The molecule has 10 heteroatoms. The highest BCUT2D eigenvalue weighted by Crippen LogP contribution is 2.34. The molecule has 2 aromatic rings. The Balaban J connectivity index is 1.82. The summed E-state index contributed by atoms with van der Waals surface area (Å²) in [5, 5.41) is 6.47. The summed E-state index contributed by atoms with van der Waals surface area (Å²) < 4.78 is 10.8. The van der Waals surface area contributed by atoms with Crippen LogP contribution in [0, 0.1) is 5.92 Å². The first kappa shape index (κ1) is 17.8. The van der Waals surface area contributed by atoms with Gasteiger partial charge in [0.1, 0.15) is 6.61 Å². The lowest BCUT2D eigenvalue weighted by molar-refractivity contribution is -0.124. The van der Waals surface area contributed by atoms with Crippen LogP contribution in [0.2, 0.25) is 4.34 Å². The van der Waals surface area contributed by atoms with Crippen LogP contribution in [0.5, 0.6) is 0 Å². The van der Waals surface area contributed by atoms with E-state index in [1.54, 1.807) is 24.1 Å². The fraction of sp³-hybridized carbons (Fsp3) is 0.467. The molecule has 2 amide bonds. The Bertz CT molecular complexity index is 777. The summed E-state index contributed by atoms with van der Waals surface area (Å²) in [7, 11) is 3.10. The van der Waals surface area contributed by atoms with Gasteiger partial charge in [-0.3, -0.25) is 9.59 Å². The zero-order valence-corrected chi connectivity index (χ0v) is 15.3. The molecule has 2 unspecified atom stereocenters. The molecule has 2 atom stereocenters. The first-order valence-corrected chi connectivity index (χ1v) is 8.80. The Morgan fingerprint density at radius 3 is 2.92 bits per heavy atom. The number of thiophene rings is 1. The van der Waals surface area contributed by atoms with Crippen LogP contribution in [-0.2, 0) is 16.1 Å². The van der Waals surface area contributed by atoms with Crippen molar-refractivity contribution in [2.45, 2.75) is 12.5 Å². The molecule has 0 saturated carbocycles. The maximum Gasteiger partial charge on any atom is 0.264 e. The molecule has 0 radical (unpaired) electrons. The van der Waals surface area contributed by atoms with Crippen LogP contribution < -0.4 is 5.32 Å². The van der Waals surface area contributed by atoms with E-state index in [4.69, 9.17) is 20.9 Å². The second-order valence-electron chi connectivity index (χ2n) is 5.62. The van der Waals surface area contributed by atoms with Crippen LogP contribution in [0.15, 0.2) is 16.7 Å². The lowest BCUT2D eigenvalue weighted by atomic mass is 9.95. The van der Waals surface area contributed by atoms with Gasteiger partial charge in [-0.15, -0.1) is 11.3 Å². The highest BCUT2D eigenvalue weighted by molar-refractivity contribution is 7.17. The van der Waals surface area contributed by atoms with Crippen molar-refractivity contribution in [3.63, 3.8) is 0 Å². The normalized spacial score (nSPS) is 20.0. The lowest BCUT2D eigenvalue weighted by Gasteiger charge is -2.14. The highest BCUT2D eigenvalue weighted by Gasteiger charge is 2.43. The SMILES string of the molecule is CNC(=O)C1CN(C(=O)c2ccc(Cl)s2)CC1c1nc(COC)no1. The fourth-order valence-electron chi connectivity index (χ4n) is 2.86. The Kier molecular flexibility index (Phi) is 5.36. The number of carbonyl (C=O) groups is 2. The van der Waals surface area contributed by atoms with Gasteiger partial charge in [0.2, 0.25) is 11.8 Å². The highest BCUT2D eigenvalue weighted by atomic mass is 35.5. The van der Waals surface area contributed by atoms with Gasteiger partial charge in [-0.2, -0.15) is 4.98 Å². The third-order valence-electron chi connectivity index (χ3n) is 4.05. The summed E-state index contributed by atoms with van der Waals surface area (Å²) in [6.07, 6.45) is 0. The van der Waals surface area contributed by atoms with Crippen LogP contribution in [0.25, 0.3) is 0 Å². The third-order valence-corrected chi connectivity index (χ3v) is 5.27. The molecule has 0 aliphatic carbocycles. The van der Waals surface area contributed by atoms with Gasteiger partial charge in [0.15, 0.2) is 5.82 Å². The van der Waals surface area contributed by atoms with Crippen LogP contribution in [0.1, 0.15) is 27.3 Å². The van der Waals surface area contributed by atoms with E-state index in [-0.39, 0.29) is 30.9 Å². The first-order chi connectivity index (χ1) is 12.0. The summed E-state index contributed by atoms with van der Waals surface area (Å²) in [4.78, 5) is 31.4. The van der Waals surface area contributed by atoms with Gasteiger partial charge >= 0.3 is 0 Å². The number of ether oxygens (including phenoxy) is 1. The van der Waals surface area contributed by atoms with Gasteiger partial charge < -0.3 is 19.5 Å². The van der Waals surface area contributed by atoms with Crippen molar-refractivity contribution < 1.29 is 18.8 Å². The number of hydrogen-bond donors (Lipinski definition) is 1. The van der Waals surface area contributed by atoms with Crippen LogP contribution in [-0.4, -0.2) is 54.1 Å². The van der Waals surface area contributed by atoms with Crippen LogP contribution >= 0.6 is 22.9 Å². The fourth-order valence-corrected chi connectivity index (χ4v) is 3.87. The van der Waals surface area contributed by atoms with Crippen molar-refractivity contribution in [1.82, 2.24) is 20.4 Å². The number of carbonyl (C=O) groups excluding carboxylic acids is 2. The molecule has 25 heavy (non-hydrogen) atoms. The zero-order valence-electron chi connectivity index (χ0n) is 13.7. The molecular formula is C15H17ClN4O4S. The molecule has 1 saturated heterocycles. The summed E-state index contributed by atoms with van der Waals surface area (Å²) >= 11 is 7.12. The molecular weight excluding hydrogens is 368 g/mol. The minimum Gasteiger partial charge on any atom is -0.377 e. The molecule has 1 aliphatic rings. The molecule has 0 aromatic carbocycles. The Hall–Kier alpha value is -1.97. The van der Waals surface area contributed by atoms with Crippen molar-refractivity contribution in [2.24, 2.45) is 5.92 Å².